The highest BCUT2D eigenvalue weighted by molar-refractivity contribution is 7.99. The van der Waals surface area contributed by atoms with Gasteiger partial charge in [-0.3, -0.25) is 5.43 Å². The molecule has 0 aliphatic heterocycles. The second-order valence-electron chi connectivity index (χ2n) is 4.70. The van der Waals surface area contributed by atoms with Crippen molar-refractivity contribution in [2.45, 2.75) is 12.7 Å². The van der Waals surface area contributed by atoms with E-state index < -0.39 is 5.97 Å². The Bertz CT molecular complexity index is 633. The first-order valence-corrected chi connectivity index (χ1v) is 8.68. The van der Waals surface area contributed by atoms with Crippen LogP contribution in [0.4, 0.5) is 0 Å². The molecule has 0 unspecified atom stereocenters. The van der Waals surface area contributed by atoms with Gasteiger partial charge in [-0.25, -0.2) is 0 Å². The SMILES string of the molecule is C=CCNC(=S)N/N=C(/C)c1ccc(OC)c(CSCC(=O)[O-])c1. The lowest BCUT2D eigenvalue weighted by Gasteiger charge is -2.11. The fourth-order valence-corrected chi connectivity index (χ4v) is 2.61. The van der Waals surface area contributed by atoms with Gasteiger partial charge >= 0.3 is 0 Å². The van der Waals surface area contributed by atoms with Crippen molar-refractivity contribution in [1.82, 2.24) is 10.7 Å². The zero-order chi connectivity index (χ0) is 17.9. The standard InChI is InChI=1S/C16H21N3O3S2/c1-4-7-17-16(23)19-18-11(2)12-5-6-14(22-3)13(8-12)9-24-10-15(20)21/h4-6,8H,1,7,9-10H2,2-3H3,(H,20,21)(H2,17,19,23)/p-1/b18-11-. The molecule has 130 valence electrons. The third-order valence-corrected chi connectivity index (χ3v) is 4.10. The molecule has 8 heteroatoms. The number of carboxylic acids is 1. The van der Waals surface area contributed by atoms with Crippen molar-refractivity contribution in [3.63, 3.8) is 0 Å². The largest absolute Gasteiger partial charge is 0.549 e. The van der Waals surface area contributed by atoms with E-state index in [0.717, 1.165) is 16.8 Å². The highest BCUT2D eigenvalue weighted by Gasteiger charge is 2.07. The van der Waals surface area contributed by atoms with E-state index in [1.54, 1.807) is 13.2 Å². The average Bonchev–Trinajstić information content (AvgIpc) is 2.57. The molecule has 0 aliphatic rings. The van der Waals surface area contributed by atoms with Crippen molar-refractivity contribution in [1.29, 1.82) is 0 Å². The summed E-state index contributed by atoms with van der Waals surface area (Å²) >= 11 is 6.33. The number of nitrogens with one attached hydrogen (secondary N) is 2. The van der Waals surface area contributed by atoms with E-state index in [1.165, 1.54) is 11.8 Å². The number of benzene rings is 1. The van der Waals surface area contributed by atoms with Gasteiger partial charge < -0.3 is 20.0 Å². The molecular formula is C16H20N3O3S2-. The van der Waals surface area contributed by atoms with Gasteiger partial charge in [-0.2, -0.15) is 16.9 Å². The lowest BCUT2D eigenvalue weighted by molar-refractivity contribution is -0.301. The van der Waals surface area contributed by atoms with Crippen LogP contribution in [0.15, 0.2) is 36.0 Å². The van der Waals surface area contributed by atoms with Crippen LogP contribution in [0.3, 0.4) is 0 Å². The maximum atomic E-state index is 10.5. The van der Waals surface area contributed by atoms with Gasteiger partial charge in [0.15, 0.2) is 5.11 Å². The first-order chi connectivity index (χ1) is 11.5. The third-order valence-electron chi connectivity index (χ3n) is 2.91. The topological polar surface area (TPSA) is 85.8 Å². The maximum absolute atomic E-state index is 10.5. The molecule has 0 saturated carbocycles. The smallest absolute Gasteiger partial charge is 0.187 e. The molecule has 0 heterocycles. The molecule has 6 nitrogen and oxygen atoms in total. The minimum absolute atomic E-state index is 0.0642. The molecule has 0 fully saturated rings. The number of methoxy groups -OCH3 is 1. The molecular weight excluding hydrogens is 346 g/mol. The number of carboxylic acid groups (broad SMARTS) is 1. The number of aliphatic carboxylic acids is 1. The molecule has 0 amide bonds. The Hall–Kier alpha value is -2.06. The highest BCUT2D eigenvalue weighted by atomic mass is 32.2. The molecule has 1 aromatic rings. The molecule has 2 N–H and O–H groups in total. The second kappa shape index (κ2) is 10.7. The van der Waals surface area contributed by atoms with Gasteiger partial charge in [0.2, 0.25) is 0 Å². The highest BCUT2D eigenvalue weighted by Crippen LogP contribution is 2.24. The van der Waals surface area contributed by atoms with Crippen LogP contribution < -0.4 is 20.6 Å². The van der Waals surface area contributed by atoms with Crippen molar-refractivity contribution in [3.8, 4) is 5.75 Å². The lowest BCUT2D eigenvalue weighted by atomic mass is 10.1. The van der Waals surface area contributed by atoms with E-state index in [-0.39, 0.29) is 5.75 Å². The zero-order valence-electron chi connectivity index (χ0n) is 13.6. The van der Waals surface area contributed by atoms with Crippen molar-refractivity contribution < 1.29 is 14.6 Å². The van der Waals surface area contributed by atoms with Crippen LogP contribution in [0.25, 0.3) is 0 Å². The van der Waals surface area contributed by atoms with Crippen LogP contribution in [0.1, 0.15) is 18.1 Å². The molecule has 0 aliphatic carbocycles. The van der Waals surface area contributed by atoms with Crippen molar-refractivity contribution in [2.24, 2.45) is 5.10 Å². The van der Waals surface area contributed by atoms with E-state index in [0.29, 0.717) is 23.2 Å². The number of thioether (sulfide) groups is 1. The lowest BCUT2D eigenvalue weighted by Crippen LogP contribution is -2.32. The Morgan fingerprint density at radius 2 is 2.29 bits per heavy atom. The molecule has 0 spiro atoms. The molecule has 0 radical (unpaired) electrons. The zero-order valence-corrected chi connectivity index (χ0v) is 15.3. The van der Waals surface area contributed by atoms with Gasteiger partial charge in [0, 0.05) is 23.6 Å². The Morgan fingerprint density at radius 3 is 2.92 bits per heavy atom. The molecule has 0 aromatic heterocycles. The number of carbonyl (C=O) groups is 1. The molecule has 0 atom stereocenters. The summed E-state index contributed by atoms with van der Waals surface area (Å²) < 4.78 is 5.31. The number of hydrogen-bond acceptors (Lipinski definition) is 6. The predicted octanol–water partition coefficient (Wildman–Crippen LogP) is 1.05. The van der Waals surface area contributed by atoms with E-state index >= 15 is 0 Å². The first-order valence-electron chi connectivity index (χ1n) is 7.11. The summed E-state index contributed by atoms with van der Waals surface area (Å²) in [5.74, 6) is 0.0575. The fourth-order valence-electron chi connectivity index (χ4n) is 1.76. The van der Waals surface area contributed by atoms with Gasteiger partial charge in [-0.05, 0) is 42.9 Å². The van der Waals surface area contributed by atoms with Crippen LogP contribution >= 0.6 is 24.0 Å². The predicted molar refractivity (Wildman–Crippen MR) is 100 cm³/mol. The summed E-state index contributed by atoms with van der Waals surface area (Å²) in [6.07, 6.45) is 1.70. The summed E-state index contributed by atoms with van der Waals surface area (Å²) in [5, 5.41) is 18.1. The Balaban J connectivity index is 2.81. The Morgan fingerprint density at radius 1 is 1.54 bits per heavy atom. The van der Waals surface area contributed by atoms with Crippen molar-refractivity contribution in [3.05, 3.63) is 42.0 Å². The number of hydrogen-bond donors (Lipinski definition) is 2. The Kier molecular flexibility index (Phi) is 8.88. The van der Waals surface area contributed by atoms with Gasteiger partial charge in [0.25, 0.3) is 0 Å². The number of rotatable bonds is 9. The van der Waals surface area contributed by atoms with Crippen LogP contribution in [0.5, 0.6) is 5.75 Å². The van der Waals surface area contributed by atoms with Crippen LogP contribution in [-0.2, 0) is 10.5 Å². The number of nitrogens with zero attached hydrogens (tertiary/aromatic N) is 1. The molecule has 1 rings (SSSR count). The van der Waals surface area contributed by atoms with E-state index in [4.69, 9.17) is 17.0 Å². The molecule has 24 heavy (non-hydrogen) atoms. The van der Waals surface area contributed by atoms with Gasteiger partial charge in [0.05, 0.1) is 18.8 Å². The molecule has 0 saturated heterocycles. The molecule has 0 bridgehead atoms. The summed E-state index contributed by atoms with van der Waals surface area (Å²) in [7, 11) is 1.58. The Labute approximate surface area is 151 Å². The van der Waals surface area contributed by atoms with Crippen molar-refractivity contribution >= 4 is 40.8 Å². The second-order valence-corrected chi connectivity index (χ2v) is 6.09. The minimum atomic E-state index is -1.09. The van der Waals surface area contributed by atoms with Crippen LogP contribution in [0.2, 0.25) is 0 Å². The fraction of sp³-hybridized carbons (Fsp3) is 0.312. The number of thiocarbonyl (C=S) groups is 1. The van der Waals surface area contributed by atoms with Gasteiger partial charge in [0.1, 0.15) is 5.75 Å². The third kappa shape index (κ3) is 7.01. The van der Waals surface area contributed by atoms with E-state index in [2.05, 4.69) is 22.4 Å². The maximum Gasteiger partial charge on any atom is 0.187 e. The summed E-state index contributed by atoms with van der Waals surface area (Å²) in [4.78, 5) is 10.5. The number of hydrazone groups is 1. The average molecular weight is 366 g/mol. The summed E-state index contributed by atoms with van der Waals surface area (Å²) in [5.41, 5.74) is 5.28. The van der Waals surface area contributed by atoms with E-state index in [1.807, 2.05) is 25.1 Å². The van der Waals surface area contributed by atoms with Crippen molar-refractivity contribution in [2.75, 3.05) is 19.4 Å². The van der Waals surface area contributed by atoms with Gasteiger partial charge in [-0.15, -0.1) is 6.58 Å². The van der Waals surface area contributed by atoms with Crippen LogP contribution in [-0.4, -0.2) is 36.2 Å². The number of ether oxygens (including phenoxy) is 1. The first kappa shape index (κ1) is 20.0. The van der Waals surface area contributed by atoms with E-state index in [9.17, 15) is 9.90 Å². The summed E-state index contributed by atoms with van der Waals surface area (Å²) in [6, 6.07) is 5.63. The quantitative estimate of drug-likeness (QED) is 0.292. The molecule has 1 aromatic carbocycles. The van der Waals surface area contributed by atoms with Crippen LogP contribution in [0, 0.1) is 0 Å². The number of carbonyl (C=O) groups excluding carboxylic acids is 1. The monoisotopic (exact) mass is 366 g/mol. The summed E-state index contributed by atoms with van der Waals surface area (Å²) in [6.45, 7) is 6.01. The van der Waals surface area contributed by atoms with Gasteiger partial charge in [-0.1, -0.05) is 6.08 Å². The minimum Gasteiger partial charge on any atom is -0.549 e. The normalized spacial score (nSPS) is 10.8.